The number of aryl methyl sites for hydroxylation is 1. The van der Waals surface area contributed by atoms with Crippen LogP contribution in [0.15, 0.2) is 6.20 Å². The van der Waals surface area contributed by atoms with Crippen LogP contribution in [-0.2, 0) is 13.6 Å². The average molecular weight is 249 g/mol. The molecule has 1 aromatic rings. The van der Waals surface area contributed by atoms with E-state index >= 15 is 0 Å². The van der Waals surface area contributed by atoms with E-state index in [1.807, 2.05) is 13.2 Å². The van der Waals surface area contributed by atoms with Crippen molar-refractivity contribution in [2.45, 2.75) is 44.2 Å². The lowest BCUT2D eigenvalue weighted by atomic mass is 9.80. The predicted octanol–water partition coefficient (Wildman–Crippen LogP) is 0.923. The molecule has 18 heavy (non-hydrogen) atoms. The first-order chi connectivity index (χ1) is 8.76. The van der Waals surface area contributed by atoms with Gasteiger partial charge in [-0.05, 0) is 12.8 Å². The van der Waals surface area contributed by atoms with Crippen molar-refractivity contribution in [2.24, 2.45) is 7.05 Å². The Balaban J connectivity index is 1.63. The van der Waals surface area contributed by atoms with Crippen LogP contribution in [0.1, 0.15) is 37.8 Å². The van der Waals surface area contributed by atoms with E-state index in [9.17, 15) is 0 Å². The van der Waals surface area contributed by atoms with Gasteiger partial charge in [0.05, 0.1) is 5.69 Å². The van der Waals surface area contributed by atoms with Gasteiger partial charge in [-0.3, -0.25) is 9.58 Å². The Morgan fingerprint density at radius 1 is 1.33 bits per heavy atom. The number of aromatic nitrogens is 3. The molecular weight excluding hydrogens is 226 g/mol. The normalized spacial score (nSPS) is 24.5. The van der Waals surface area contributed by atoms with Gasteiger partial charge in [-0.2, -0.15) is 0 Å². The average Bonchev–Trinajstić information content (AvgIpc) is 2.76. The van der Waals surface area contributed by atoms with Crippen molar-refractivity contribution in [3.63, 3.8) is 0 Å². The first-order valence-corrected chi connectivity index (χ1v) is 7.08. The van der Waals surface area contributed by atoms with E-state index in [0.29, 0.717) is 5.54 Å². The van der Waals surface area contributed by atoms with Crippen LogP contribution in [0.2, 0.25) is 0 Å². The van der Waals surface area contributed by atoms with Crippen LogP contribution in [0.25, 0.3) is 0 Å². The second-order valence-electron chi connectivity index (χ2n) is 5.86. The van der Waals surface area contributed by atoms with Gasteiger partial charge in [-0.15, -0.1) is 5.10 Å². The van der Waals surface area contributed by atoms with Gasteiger partial charge in [0.25, 0.3) is 0 Å². The minimum absolute atomic E-state index is 0.388. The molecule has 1 spiro atoms. The highest BCUT2D eigenvalue weighted by Crippen LogP contribution is 2.30. The summed E-state index contributed by atoms with van der Waals surface area (Å²) in [5.74, 6) is 0. The van der Waals surface area contributed by atoms with E-state index in [1.54, 1.807) is 4.68 Å². The summed E-state index contributed by atoms with van der Waals surface area (Å²) in [7, 11) is 1.93. The highest BCUT2D eigenvalue weighted by molar-refractivity contribution is 4.99. The number of rotatable bonds is 2. The van der Waals surface area contributed by atoms with Crippen LogP contribution in [0.4, 0.5) is 0 Å². The van der Waals surface area contributed by atoms with Gasteiger partial charge in [-0.25, -0.2) is 0 Å². The second-order valence-corrected chi connectivity index (χ2v) is 5.86. The molecule has 3 rings (SSSR count). The third kappa shape index (κ3) is 2.57. The molecule has 5 nitrogen and oxygen atoms in total. The van der Waals surface area contributed by atoms with Gasteiger partial charge in [0.15, 0.2) is 0 Å². The highest BCUT2D eigenvalue weighted by Gasteiger charge is 2.36. The summed E-state index contributed by atoms with van der Waals surface area (Å²) >= 11 is 0. The number of hydrogen-bond donors (Lipinski definition) is 1. The smallest absolute Gasteiger partial charge is 0.0967 e. The molecule has 2 heterocycles. The third-order valence-electron chi connectivity index (χ3n) is 4.30. The zero-order chi connectivity index (χ0) is 12.4. The zero-order valence-corrected chi connectivity index (χ0v) is 11.2. The van der Waals surface area contributed by atoms with Crippen molar-refractivity contribution in [1.82, 2.24) is 25.2 Å². The first kappa shape index (κ1) is 12.1. The molecule has 5 heteroatoms. The Labute approximate surface area is 109 Å². The van der Waals surface area contributed by atoms with Crippen molar-refractivity contribution < 1.29 is 0 Å². The van der Waals surface area contributed by atoms with Crippen LogP contribution in [0, 0.1) is 0 Å². The fourth-order valence-corrected chi connectivity index (χ4v) is 3.44. The molecule has 1 aromatic heterocycles. The molecule has 1 N–H and O–H groups in total. The van der Waals surface area contributed by atoms with Crippen molar-refractivity contribution in [1.29, 1.82) is 0 Å². The van der Waals surface area contributed by atoms with Crippen molar-refractivity contribution in [3.8, 4) is 0 Å². The summed E-state index contributed by atoms with van der Waals surface area (Å²) in [6.45, 7) is 4.35. The lowest BCUT2D eigenvalue weighted by Gasteiger charge is -2.46. The maximum atomic E-state index is 4.19. The largest absolute Gasteiger partial charge is 0.309 e. The number of nitrogens with zero attached hydrogens (tertiary/aromatic N) is 4. The Kier molecular flexibility index (Phi) is 3.35. The predicted molar refractivity (Wildman–Crippen MR) is 70.1 cm³/mol. The van der Waals surface area contributed by atoms with Gasteiger partial charge >= 0.3 is 0 Å². The fraction of sp³-hybridized carbons (Fsp3) is 0.846. The summed E-state index contributed by atoms with van der Waals surface area (Å²) in [5.41, 5.74) is 1.48. The van der Waals surface area contributed by atoms with Gasteiger partial charge in [0, 0.05) is 45.0 Å². The van der Waals surface area contributed by atoms with Gasteiger partial charge < -0.3 is 5.32 Å². The standard InChI is InChI=1S/C13H23N5/c1-17-9-12(15-16-17)10-18-8-7-14-13(11-18)5-3-2-4-6-13/h9,14H,2-8,10-11H2,1H3. The van der Waals surface area contributed by atoms with Crippen LogP contribution in [0.3, 0.4) is 0 Å². The molecule has 1 aliphatic carbocycles. The van der Waals surface area contributed by atoms with Crippen molar-refractivity contribution in [2.75, 3.05) is 19.6 Å². The fourth-order valence-electron chi connectivity index (χ4n) is 3.44. The Morgan fingerprint density at radius 2 is 2.17 bits per heavy atom. The molecule has 0 unspecified atom stereocenters. The van der Waals surface area contributed by atoms with Crippen LogP contribution in [-0.4, -0.2) is 45.1 Å². The summed E-state index contributed by atoms with van der Waals surface area (Å²) < 4.78 is 1.79. The van der Waals surface area contributed by atoms with Gasteiger partial charge in [-0.1, -0.05) is 24.5 Å². The molecule has 0 bridgehead atoms. The highest BCUT2D eigenvalue weighted by atomic mass is 15.4. The number of piperazine rings is 1. The minimum Gasteiger partial charge on any atom is -0.309 e. The van der Waals surface area contributed by atoms with Crippen LogP contribution in [0.5, 0.6) is 0 Å². The van der Waals surface area contributed by atoms with Gasteiger partial charge in [0.2, 0.25) is 0 Å². The lowest BCUT2D eigenvalue weighted by Crippen LogP contribution is -2.60. The second kappa shape index (κ2) is 4.97. The van der Waals surface area contributed by atoms with E-state index < -0.39 is 0 Å². The van der Waals surface area contributed by atoms with E-state index in [1.165, 1.54) is 38.6 Å². The quantitative estimate of drug-likeness (QED) is 0.847. The van der Waals surface area contributed by atoms with Gasteiger partial charge in [0.1, 0.15) is 0 Å². The van der Waals surface area contributed by atoms with Crippen LogP contribution < -0.4 is 5.32 Å². The Hall–Kier alpha value is -0.940. The lowest BCUT2D eigenvalue weighted by molar-refractivity contribution is 0.0936. The van der Waals surface area contributed by atoms with Crippen molar-refractivity contribution >= 4 is 0 Å². The summed E-state index contributed by atoms with van der Waals surface area (Å²) in [6.07, 6.45) is 8.87. The molecule has 0 radical (unpaired) electrons. The maximum absolute atomic E-state index is 4.19. The topological polar surface area (TPSA) is 46.0 Å². The van der Waals surface area contributed by atoms with Crippen LogP contribution >= 0.6 is 0 Å². The SMILES string of the molecule is Cn1cc(CN2CCNC3(CCCCC3)C2)nn1. The first-order valence-electron chi connectivity index (χ1n) is 7.08. The molecule has 0 aromatic carbocycles. The molecule has 2 aliphatic rings. The Bertz CT molecular complexity index is 388. The molecule has 1 saturated heterocycles. The molecule has 2 fully saturated rings. The minimum atomic E-state index is 0.388. The number of hydrogen-bond acceptors (Lipinski definition) is 4. The molecule has 0 amide bonds. The monoisotopic (exact) mass is 249 g/mol. The summed E-state index contributed by atoms with van der Waals surface area (Å²) in [5, 5.41) is 12.0. The Morgan fingerprint density at radius 3 is 2.89 bits per heavy atom. The molecule has 100 valence electrons. The van der Waals surface area contributed by atoms with E-state index in [4.69, 9.17) is 0 Å². The molecule has 1 saturated carbocycles. The third-order valence-corrected chi connectivity index (χ3v) is 4.30. The zero-order valence-electron chi connectivity index (χ0n) is 11.2. The van der Waals surface area contributed by atoms with Crippen molar-refractivity contribution in [3.05, 3.63) is 11.9 Å². The molecule has 0 atom stereocenters. The molecular formula is C13H23N5. The van der Waals surface area contributed by atoms with E-state index in [2.05, 4.69) is 20.5 Å². The van der Waals surface area contributed by atoms with E-state index in [0.717, 1.165) is 25.3 Å². The number of nitrogens with one attached hydrogen (secondary N) is 1. The summed E-state index contributed by atoms with van der Waals surface area (Å²) in [4.78, 5) is 2.53. The summed E-state index contributed by atoms with van der Waals surface area (Å²) in [6, 6.07) is 0. The van der Waals surface area contributed by atoms with E-state index in [-0.39, 0.29) is 0 Å². The molecule has 1 aliphatic heterocycles. The maximum Gasteiger partial charge on any atom is 0.0967 e.